The number of aromatic nitrogens is 2. The molecule has 3 aromatic rings. The van der Waals surface area contributed by atoms with Gasteiger partial charge in [0.1, 0.15) is 5.82 Å². The van der Waals surface area contributed by atoms with E-state index >= 15 is 0 Å². The molecule has 2 amide bonds. The topological polar surface area (TPSA) is 152 Å². The maximum absolute atomic E-state index is 13.7. The van der Waals surface area contributed by atoms with Crippen LogP contribution >= 0.6 is 0 Å². The van der Waals surface area contributed by atoms with E-state index in [1.54, 1.807) is 24.1 Å². The van der Waals surface area contributed by atoms with E-state index in [0.717, 1.165) is 18.5 Å². The predicted molar refractivity (Wildman–Crippen MR) is 130 cm³/mol. The molecule has 10 nitrogen and oxygen atoms in total. The van der Waals surface area contributed by atoms with Crippen LogP contribution in [0, 0.1) is 22.9 Å². The number of anilines is 2. The van der Waals surface area contributed by atoms with Gasteiger partial charge in [-0.25, -0.2) is 18.0 Å². The highest BCUT2D eigenvalue weighted by molar-refractivity contribution is 5.98. The lowest BCUT2D eigenvalue weighted by Crippen LogP contribution is -2.34. The molecule has 0 radical (unpaired) electrons. The van der Waals surface area contributed by atoms with Crippen molar-refractivity contribution in [3.63, 3.8) is 0 Å². The fourth-order valence-electron chi connectivity index (χ4n) is 3.14. The number of halogens is 3. The number of nitrogens with two attached hydrogens (primary N) is 1. The van der Waals surface area contributed by atoms with Crippen LogP contribution in [0.2, 0.25) is 0 Å². The summed E-state index contributed by atoms with van der Waals surface area (Å²) in [6, 6.07) is 7.03. The molecule has 0 saturated heterocycles. The Bertz CT molecular complexity index is 1300. The Hall–Kier alpha value is -4.39. The number of nitrogens with one attached hydrogen (secondary N) is 5. The number of amides is 2. The molecule has 7 N–H and O–H groups in total. The summed E-state index contributed by atoms with van der Waals surface area (Å²) in [5, 5.41) is 14.8. The van der Waals surface area contributed by atoms with E-state index in [-0.39, 0.29) is 17.5 Å². The molecule has 190 valence electrons. The maximum Gasteiger partial charge on any atom is 0.326 e. The zero-order valence-electron chi connectivity index (χ0n) is 19.3. The highest BCUT2D eigenvalue weighted by Crippen LogP contribution is 2.19. The molecular formula is C23H25F3N8O2. The largest absolute Gasteiger partial charge is 0.370 e. The minimum Gasteiger partial charge on any atom is -0.370 e. The van der Waals surface area contributed by atoms with E-state index in [0.29, 0.717) is 30.8 Å². The van der Waals surface area contributed by atoms with Gasteiger partial charge in [-0.1, -0.05) is 24.3 Å². The first-order chi connectivity index (χ1) is 17.1. The van der Waals surface area contributed by atoms with E-state index in [1.807, 2.05) is 17.4 Å². The zero-order chi connectivity index (χ0) is 26.2. The summed E-state index contributed by atoms with van der Waals surface area (Å²) in [6.45, 7) is 2.04. The average Bonchev–Trinajstić information content (AvgIpc) is 2.82. The Morgan fingerprint density at radius 3 is 2.47 bits per heavy atom. The molecular weight excluding hydrogens is 477 g/mol. The van der Waals surface area contributed by atoms with Crippen molar-refractivity contribution in [3.05, 3.63) is 76.0 Å². The number of hydrogen-bond donors (Lipinski definition) is 6. The SMILES string of the molecule is CN(CCCNCc1ccc(-c2c[nH]c(NC(=O)Nc3cc(F)c(F)cc3F)nc2=O)cc1)C(=N)N. The van der Waals surface area contributed by atoms with Crippen LogP contribution in [0.3, 0.4) is 0 Å². The maximum atomic E-state index is 13.7. The van der Waals surface area contributed by atoms with Gasteiger partial charge in [-0.3, -0.25) is 15.5 Å². The van der Waals surface area contributed by atoms with Crippen molar-refractivity contribution in [2.24, 2.45) is 5.73 Å². The van der Waals surface area contributed by atoms with Crippen molar-refractivity contribution < 1.29 is 18.0 Å². The summed E-state index contributed by atoms with van der Waals surface area (Å²) in [5.41, 5.74) is 6.06. The Morgan fingerprint density at radius 2 is 1.81 bits per heavy atom. The van der Waals surface area contributed by atoms with Crippen LogP contribution in [0.5, 0.6) is 0 Å². The second kappa shape index (κ2) is 11.8. The van der Waals surface area contributed by atoms with Crippen LogP contribution in [-0.2, 0) is 6.54 Å². The summed E-state index contributed by atoms with van der Waals surface area (Å²) in [5.74, 6) is -4.08. The lowest BCUT2D eigenvalue weighted by Gasteiger charge is -2.16. The van der Waals surface area contributed by atoms with Gasteiger partial charge in [0.15, 0.2) is 17.6 Å². The summed E-state index contributed by atoms with van der Waals surface area (Å²) >= 11 is 0. The Labute approximate surface area is 204 Å². The molecule has 13 heteroatoms. The van der Waals surface area contributed by atoms with Crippen molar-refractivity contribution in [1.82, 2.24) is 20.2 Å². The highest BCUT2D eigenvalue weighted by Gasteiger charge is 2.14. The first-order valence-electron chi connectivity index (χ1n) is 10.8. The molecule has 0 unspecified atom stereocenters. The summed E-state index contributed by atoms with van der Waals surface area (Å²) in [6.07, 6.45) is 2.19. The van der Waals surface area contributed by atoms with Gasteiger partial charge >= 0.3 is 6.03 Å². The summed E-state index contributed by atoms with van der Waals surface area (Å²) in [4.78, 5) is 32.6. The number of nitrogens with zero attached hydrogens (tertiary/aromatic N) is 2. The number of aromatic amines is 1. The van der Waals surface area contributed by atoms with Crippen molar-refractivity contribution in [2.45, 2.75) is 13.0 Å². The van der Waals surface area contributed by atoms with Gasteiger partial charge in [-0.2, -0.15) is 4.98 Å². The summed E-state index contributed by atoms with van der Waals surface area (Å²) < 4.78 is 40.0. The van der Waals surface area contributed by atoms with Crippen molar-refractivity contribution in [3.8, 4) is 11.1 Å². The van der Waals surface area contributed by atoms with Crippen LogP contribution < -0.4 is 27.2 Å². The quantitative estimate of drug-likeness (QED) is 0.115. The molecule has 0 aliphatic carbocycles. The normalized spacial score (nSPS) is 10.7. The molecule has 0 fully saturated rings. The molecule has 1 heterocycles. The lowest BCUT2D eigenvalue weighted by atomic mass is 10.1. The van der Waals surface area contributed by atoms with Gasteiger partial charge < -0.3 is 26.3 Å². The number of H-pyrrole nitrogens is 1. The summed E-state index contributed by atoms with van der Waals surface area (Å²) in [7, 11) is 1.76. The van der Waals surface area contributed by atoms with Crippen LogP contribution in [0.4, 0.5) is 29.6 Å². The second-order valence-corrected chi connectivity index (χ2v) is 7.83. The van der Waals surface area contributed by atoms with Crippen molar-refractivity contribution in [1.29, 1.82) is 5.41 Å². The molecule has 0 bridgehead atoms. The number of carbonyl (C=O) groups is 1. The zero-order valence-corrected chi connectivity index (χ0v) is 19.3. The second-order valence-electron chi connectivity index (χ2n) is 7.83. The number of hydrogen-bond acceptors (Lipinski definition) is 5. The average molecular weight is 503 g/mol. The minimum atomic E-state index is -1.39. The van der Waals surface area contributed by atoms with Gasteiger partial charge in [0.05, 0.1) is 11.3 Å². The monoisotopic (exact) mass is 502 g/mol. The molecule has 2 aromatic carbocycles. The third-order valence-electron chi connectivity index (χ3n) is 5.14. The number of benzene rings is 2. The molecule has 0 aliphatic heterocycles. The van der Waals surface area contributed by atoms with Crippen molar-refractivity contribution >= 4 is 23.6 Å². The molecule has 0 spiro atoms. The third kappa shape index (κ3) is 7.06. The molecule has 0 saturated carbocycles. The van der Waals surface area contributed by atoms with E-state index in [2.05, 4.69) is 20.6 Å². The van der Waals surface area contributed by atoms with Crippen LogP contribution in [-0.4, -0.2) is 47.0 Å². The van der Waals surface area contributed by atoms with Crippen LogP contribution in [0.1, 0.15) is 12.0 Å². The van der Waals surface area contributed by atoms with Crippen molar-refractivity contribution in [2.75, 3.05) is 30.8 Å². The standard InChI is InChI=1S/C23H25F3N8O2/c1-34(21(27)28)8-2-7-29-11-13-3-5-14(6-4-13)15-12-30-22(32-20(15)35)33-23(36)31-19-10-17(25)16(24)9-18(19)26/h3-6,9-10,12,29H,2,7-8,11H2,1H3,(H3,27,28)(H3,30,31,32,33,35,36). The van der Waals surface area contributed by atoms with Gasteiger partial charge in [0, 0.05) is 38.5 Å². The minimum absolute atomic E-state index is 0.0271. The number of rotatable bonds is 9. The number of guanidine groups is 1. The third-order valence-corrected chi connectivity index (χ3v) is 5.14. The molecule has 0 aliphatic rings. The van der Waals surface area contributed by atoms with Gasteiger partial charge in [-0.15, -0.1) is 0 Å². The Kier molecular flexibility index (Phi) is 8.62. The van der Waals surface area contributed by atoms with Gasteiger partial charge in [0.2, 0.25) is 5.95 Å². The van der Waals surface area contributed by atoms with Crippen LogP contribution in [0.25, 0.3) is 11.1 Å². The molecule has 36 heavy (non-hydrogen) atoms. The molecule has 1 aromatic heterocycles. The van der Waals surface area contributed by atoms with E-state index < -0.39 is 34.7 Å². The number of carbonyl (C=O) groups excluding carboxylic acids is 1. The number of urea groups is 1. The van der Waals surface area contributed by atoms with E-state index in [1.165, 1.54) is 6.20 Å². The molecule has 0 atom stereocenters. The first kappa shape index (κ1) is 26.2. The smallest absolute Gasteiger partial charge is 0.326 e. The highest BCUT2D eigenvalue weighted by atomic mass is 19.2. The lowest BCUT2D eigenvalue weighted by molar-refractivity contribution is 0.262. The van der Waals surface area contributed by atoms with E-state index in [4.69, 9.17) is 11.1 Å². The predicted octanol–water partition coefficient (Wildman–Crippen LogP) is 2.80. The van der Waals surface area contributed by atoms with Crippen LogP contribution in [0.15, 0.2) is 47.4 Å². The molecule has 3 rings (SSSR count). The Morgan fingerprint density at radius 1 is 1.11 bits per heavy atom. The van der Waals surface area contributed by atoms with Gasteiger partial charge in [-0.05, 0) is 24.1 Å². The fourth-order valence-corrected chi connectivity index (χ4v) is 3.14. The fraction of sp³-hybridized carbons (Fsp3) is 0.217. The first-order valence-corrected chi connectivity index (χ1v) is 10.8. The van der Waals surface area contributed by atoms with Gasteiger partial charge in [0.25, 0.3) is 5.56 Å². The van der Waals surface area contributed by atoms with E-state index in [9.17, 15) is 22.8 Å². The Balaban J connectivity index is 1.55.